The molecule has 2 aliphatic rings. The molecule has 2 amide bonds. The number of carbonyl (C=O) groups excluding carboxylic acids is 2. The standard InChI is InChI=1S/C20H28FN3O2/c1-24(20(26)18-11-14-5-3-2-4-6-17(14)18)10-9-22-19(25)12-16-8-7-15(21)13-23-16/h7-8,13-14,17-18H,2-6,9-12H2,1H3,(H,22,25)/t14-,17-,18+/m0/s1. The lowest BCUT2D eigenvalue weighted by atomic mass is 9.62. The van der Waals surface area contributed by atoms with Crippen LogP contribution in [0, 0.1) is 23.6 Å². The molecule has 0 aliphatic heterocycles. The summed E-state index contributed by atoms with van der Waals surface area (Å²) >= 11 is 0. The maximum Gasteiger partial charge on any atom is 0.226 e. The summed E-state index contributed by atoms with van der Waals surface area (Å²) in [6.45, 7) is 0.929. The van der Waals surface area contributed by atoms with E-state index in [4.69, 9.17) is 0 Å². The Balaban J connectivity index is 1.38. The highest BCUT2D eigenvalue weighted by molar-refractivity contribution is 5.80. The lowest BCUT2D eigenvalue weighted by molar-refractivity contribution is -0.143. The van der Waals surface area contributed by atoms with Crippen LogP contribution in [-0.4, -0.2) is 41.8 Å². The van der Waals surface area contributed by atoms with Crippen molar-refractivity contribution in [2.45, 2.75) is 44.9 Å². The van der Waals surface area contributed by atoms with Gasteiger partial charge in [-0.25, -0.2) is 4.39 Å². The monoisotopic (exact) mass is 361 g/mol. The van der Waals surface area contributed by atoms with Gasteiger partial charge < -0.3 is 10.2 Å². The number of carbonyl (C=O) groups is 2. The molecule has 1 aromatic heterocycles. The molecular weight excluding hydrogens is 333 g/mol. The molecule has 1 aromatic rings. The number of nitrogens with zero attached hydrogens (tertiary/aromatic N) is 2. The van der Waals surface area contributed by atoms with Crippen LogP contribution in [0.1, 0.15) is 44.2 Å². The second-order valence-electron chi connectivity index (χ2n) is 7.66. The zero-order valence-electron chi connectivity index (χ0n) is 15.4. The molecule has 0 saturated heterocycles. The minimum atomic E-state index is -0.416. The quantitative estimate of drug-likeness (QED) is 0.847. The molecular formula is C20H28FN3O2. The van der Waals surface area contributed by atoms with Crippen LogP contribution < -0.4 is 5.32 Å². The Labute approximate surface area is 154 Å². The summed E-state index contributed by atoms with van der Waals surface area (Å²) in [6, 6.07) is 2.80. The highest BCUT2D eigenvalue weighted by Crippen LogP contribution is 2.48. The van der Waals surface area contributed by atoms with Gasteiger partial charge in [-0.15, -0.1) is 0 Å². The maximum atomic E-state index is 12.8. The number of nitrogens with one attached hydrogen (secondary N) is 1. The molecule has 1 heterocycles. The van der Waals surface area contributed by atoms with Crippen LogP contribution in [0.4, 0.5) is 4.39 Å². The predicted octanol–water partition coefficient (Wildman–Crippen LogP) is 2.55. The van der Waals surface area contributed by atoms with Crippen molar-refractivity contribution >= 4 is 11.8 Å². The Hall–Kier alpha value is -1.98. The van der Waals surface area contributed by atoms with Crippen molar-refractivity contribution in [3.8, 4) is 0 Å². The van der Waals surface area contributed by atoms with Gasteiger partial charge in [-0.3, -0.25) is 14.6 Å². The van der Waals surface area contributed by atoms with Crippen LogP contribution in [0.25, 0.3) is 0 Å². The fraction of sp³-hybridized carbons (Fsp3) is 0.650. The highest BCUT2D eigenvalue weighted by atomic mass is 19.1. The van der Waals surface area contributed by atoms with Gasteiger partial charge in [-0.05, 0) is 36.8 Å². The first-order valence-corrected chi connectivity index (χ1v) is 9.66. The van der Waals surface area contributed by atoms with Crippen molar-refractivity contribution in [2.24, 2.45) is 17.8 Å². The van der Waals surface area contributed by atoms with E-state index in [9.17, 15) is 14.0 Å². The van der Waals surface area contributed by atoms with Crippen molar-refractivity contribution in [2.75, 3.05) is 20.1 Å². The highest BCUT2D eigenvalue weighted by Gasteiger charge is 2.45. The van der Waals surface area contributed by atoms with Gasteiger partial charge in [0.1, 0.15) is 5.82 Å². The number of aromatic nitrogens is 1. The van der Waals surface area contributed by atoms with E-state index in [0.717, 1.165) is 18.5 Å². The molecule has 3 atom stereocenters. The van der Waals surface area contributed by atoms with Crippen LogP contribution in [0.5, 0.6) is 0 Å². The zero-order chi connectivity index (χ0) is 18.5. The molecule has 0 radical (unpaired) electrons. The van der Waals surface area contributed by atoms with E-state index in [2.05, 4.69) is 10.3 Å². The molecule has 26 heavy (non-hydrogen) atoms. The topological polar surface area (TPSA) is 62.3 Å². The summed E-state index contributed by atoms with van der Waals surface area (Å²) in [5, 5.41) is 2.81. The van der Waals surface area contributed by atoms with E-state index in [0.29, 0.717) is 24.7 Å². The largest absolute Gasteiger partial charge is 0.354 e. The number of likely N-dealkylation sites (N-methyl/N-ethyl adjacent to an activating group) is 1. The van der Waals surface area contributed by atoms with E-state index in [1.807, 2.05) is 7.05 Å². The lowest BCUT2D eigenvalue weighted by Gasteiger charge is -2.44. The summed E-state index contributed by atoms with van der Waals surface area (Å²) in [5.41, 5.74) is 0.530. The Morgan fingerprint density at radius 3 is 2.85 bits per heavy atom. The third-order valence-corrected chi connectivity index (χ3v) is 5.88. The summed E-state index contributed by atoms with van der Waals surface area (Å²) in [4.78, 5) is 30.2. The number of halogens is 1. The minimum absolute atomic E-state index is 0.115. The second kappa shape index (κ2) is 8.60. The summed E-state index contributed by atoms with van der Waals surface area (Å²) in [5.74, 6) is 1.15. The summed E-state index contributed by atoms with van der Waals surface area (Å²) in [6.07, 6.45) is 8.60. The molecule has 0 unspecified atom stereocenters. The lowest BCUT2D eigenvalue weighted by Crippen LogP contribution is -2.48. The molecule has 142 valence electrons. The Kier molecular flexibility index (Phi) is 6.22. The van der Waals surface area contributed by atoms with Crippen molar-refractivity contribution < 1.29 is 14.0 Å². The SMILES string of the molecule is CN(CCNC(=O)Cc1ccc(F)cn1)C(=O)[C@@H]1C[C@@H]2CCCCC[C@@H]21. The molecule has 2 aliphatic carbocycles. The van der Waals surface area contributed by atoms with Crippen LogP contribution in [-0.2, 0) is 16.0 Å². The summed E-state index contributed by atoms with van der Waals surface area (Å²) in [7, 11) is 1.82. The maximum absolute atomic E-state index is 12.8. The van der Waals surface area contributed by atoms with Gasteiger partial charge in [0.25, 0.3) is 0 Å². The van der Waals surface area contributed by atoms with E-state index in [-0.39, 0.29) is 24.2 Å². The third kappa shape index (κ3) is 4.59. The van der Waals surface area contributed by atoms with E-state index in [1.165, 1.54) is 44.2 Å². The third-order valence-electron chi connectivity index (χ3n) is 5.88. The summed E-state index contributed by atoms with van der Waals surface area (Å²) < 4.78 is 12.8. The van der Waals surface area contributed by atoms with Crippen LogP contribution in [0.2, 0.25) is 0 Å². The number of hydrogen-bond donors (Lipinski definition) is 1. The van der Waals surface area contributed by atoms with Gasteiger partial charge in [0.05, 0.1) is 12.6 Å². The first-order valence-electron chi connectivity index (χ1n) is 9.66. The Morgan fingerprint density at radius 1 is 1.27 bits per heavy atom. The molecule has 1 N–H and O–H groups in total. The molecule has 5 nitrogen and oxygen atoms in total. The molecule has 6 heteroatoms. The molecule has 0 bridgehead atoms. The number of rotatable bonds is 6. The average Bonchev–Trinajstić information content (AvgIpc) is 2.78. The van der Waals surface area contributed by atoms with E-state index < -0.39 is 5.82 Å². The van der Waals surface area contributed by atoms with Crippen molar-refractivity contribution in [1.29, 1.82) is 0 Å². The van der Waals surface area contributed by atoms with Gasteiger partial charge in [0, 0.05) is 31.7 Å². The number of pyridine rings is 1. The van der Waals surface area contributed by atoms with Gasteiger partial charge in [-0.1, -0.05) is 25.7 Å². The van der Waals surface area contributed by atoms with Gasteiger partial charge in [-0.2, -0.15) is 0 Å². The normalized spacial score (nSPS) is 24.8. The van der Waals surface area contributed by atoms with Gasteiger partial charge >= 0.3 is 0 Å². The minimum Gasteiger partial charge on any atom is -0.354 e. The zero-order valence-corrected chi connectivity index (χ0v) is 15.4. The average molecular weight is 361 g/mol. The van der Waals surface area contributed by atoms with E-state index >= 15 is 0 Å². The molecule has 3 rings (SSSR count). The van der Waals surface area contributed by atoms with Crippen molar-refractivity contribution in [3.63, 3.8) is 0 Å². The second-order valence-corrected chi connectivity index (χ2v) is 7.66. The van der Waals surface area contributed by atoms with Gasteiger partial charge in [0.15, 0.2) is 0 Å². The van der Waals surface area contributed by atoms with Crippen LogP contribution in [0.3, 0.4) is 0 Å². The van der Waals surface area contributed by atoms with Gasteiger partial charge in [0.2, 0.25) is 11.8 Å². The fourth-order valence-electron chi connectivity index (χ4n) is 4.32. The first kappa shape index (κ1) is 18.8. The number of fused-ring (bicyclic) bond motifs is 1. The van der Waals surface area contributed by atoms with E-state index in [1.54, 1.807) is 4.90 Å². The Morgan fingerprint density at radius 2 is 2.08 bits per heavy atom. The molecule has 0 aromatic carbocycles. The van der Waals surface area contributed by atoms with Crippen molar-refractivity contribution in [3.05, 3.63) is 29.8 Å². The van der Waals surface area contributed by atoms with Crippen LogP contribution in [0.15, 0.2) is 18.3 Å². The first-order chi connectivity index (χ1) is 12.5. The molecule has 2 fully saturated rings. The number of hydrogen-bond acceptors (Lipinski definition) is 3. The van der Waals surface area contributed by atoms with Crippen molar-refractivity contribution in [1.82, 2.24) is 15.2 Å². The smallest absolute Gasteiger partial charge is 0.226 e. The number of amides is 2. The molecule has 2 saturated carbocycles. The predicted molar refractivity (Wildman–Crippen MR) is 96.7 cm³/mol. The Bertz CT molecular complexity index is 634. The fourth-order valence-corrected chi connectivity index (χ4v) is 4.32. The van der Waals surface area contributed by atoms with Crippen LogP contribution >= 0.6 is 0 Å². The molecule has 0 spiro atoms.